The number of carbonyl (C=O) groups excluding carboxylic acids is 2. The molecule has 1 saturated heterocycles. The van der Waals surface area contributed by atoms with Gasteiger partial charge in [-0.1, -0.05) is 12.1 Å². The summed E-state index contributed by atoms with van der Waals surface area (Å²) in [5, 5.41) is 0.891. The summed E-state index contributed by atoms with van der Waals surface area (Å²) < 4.78 is 10.3. The second-order valence-corrected chi connectivity index (χ2v) is 6.02. The van der Waals surface area contributed by atoms with Gasteiger partial charge < -0.3 is 9.47 Å². The maximum atomic E-state index is 12.0. The highest BCUT2D eigenvalue weighted by molar-refractivity contribution is 8.03. The van der Waals surface area contributed by atoms with Gasteiger partial charge in [0.05, 0.1) is 7.11 Å². The van der Waals surface area contributed by atoms with Gasteiger partial charge in [0.2, 0.25) is 5.91 Å². The number of β-lactam (4-membered cyclic amide) rings is 1. The molecule has 0 aliphatic carbocycles. The summed E-state index contributed by atoms with van der Waals surface area (Å²) in [4.78, 5) is 25.0. The van der Waals surface area contributed by atoms with Crippen LogP contribution in [0, 0.1) is 0 Å². The van der Waals surface area contributed by atoms with Gasteiger partial charge in [-0.05, 0) is 17.7 Å². The minimum absolute atomic E-state index is 0.141. The molecular weight excluding hydrogens is 314 g/mol. The minimum atomic E-state index is -0.557. The molecular formula is C14H12ClNO4S. The maximum Gasteiger partial charge on any atom is 0.355 e. The normalized spacial score (nSPS) is 23.2. The molecule has 0 N–H and O–H groups in total. The Balaban J connectivity index is 1.58. The van der Waals surface area contributed by atoms with Gasteiger partial charge in [-0.15, -0.1) is 23.4 Å². The van der Waals surface area contributed by atoms with Crippen LogP contribution in [0.1, 0.15) is 5.56 Å². The Kier molecular flexibility index (Phi) is 3.82. The second kappa shape index (κ2) is 5.61. The van der Waals surface area contributed by atoms with Crippen molar-refractivity contribution in [3.63, 3.8) is 0 Å². The van der Waals surface area contributed by atoms with E-state index in [1.807, 2.05) is 12.1 Å². The van der Waals surface area contributed by atoms with E-state index in [0.717, 1.165) is 11.3 Å². The molecule has 1 aromatic carbocycles. The fourth-order valence-corrected chi connectivity index (χ4v) is 3.56. The lowest BCUT2D eigenvalue weighted by atomic mass is 10.1. The first-order valence-corrected chi connectivity index (χ1v) is 7.62. The molecule has 2 heterocycles. The van der Waals surface area contributed by atoms with Gasteiger partial charge >= 0.3 is 5.97 Å². The monoisotopic (exact) mass is 325 g/mol. The number of thioether (sulfide) groups is 1. The van der Waals surface area contributed by atoms with Gasteiger partial charge in [0.15, 0.2) is 0 Å². The number of fused-ring (bicyclic) bond motifs is 1. The van der Waals surface area contributed by atoms with Gasteiger partial charge in [0.1, 0.15) is 28.8 Å². The first-order chi connectivity index (χ1) is 10.1. The number of halogens is 1. The van der Waals surface area contributed by atoms with Crippen molar-refractivity contribution < 1.29 is 19.1 Å². The summed E-state index contributed by atoms with van der Waals surface area (Å²) in [6, 6.07) is 7.22. The zero-order chi connectivity index (χ0) is 15.0. The smallest absolute Gasteiger partial charge is 0.355 e. The molecule has 0 radical (unpaired) electrons. The third kappa shape index (κ3) is 2.49. The third-order valence-electron chi connectivity index (χ3n) is 3.29. The number of amides is 1. The van der Waals surface area contributed by atoms with E-state index in [2.05, 4.69) is 0 Å². The fourth-order valence-electron chi connectivity index (χ4n) is 2.10. The van der Waals surface area contributed by atoms with E-state index in [9.17, 15) is 9.59 Å². The van der Waals surface area contributed by atoms with Gasteiger partial charge in [0, 0.05) is 5.41 Å². The lowest BCUT2D eigenvalue weighted by Gasteiger charge is -2.38. The Labute approximate surface area is 130 Å². The molecule has 0 saturated carbocycles. The molecule has 0 bridgehead atoms. The molecule has 2 aliphatic rings. The molecule has 1 unspecified atom stereocenters. The van der Waals surface area contributed by atoms with E-state index in [0.29, 0.717) is 0 Å². The van der Waals surface area contributed by atoms with Crippen LogP contribution in [0.25, 0.3) is 0 Å². The van der Waals surface area contributed by atoms with Crippen molar-refractivity contribution in [3.8, 4) is 5.75 Å². The SMILES string of the molecule is COc1ccc(COC(=O)C2=CS[C@H]3C(Cl)C(=O)N23)cc1. The third-order valence-corrected chi connectivity index (χ3v) is 4.99. The number of benzene rings is 1. The second-order valence-electron chi connectivity index (χ2n) is 4.56. The van der Waals surface area contributed by atoms with E-state index in [1.54, 1.807) is 24.7 Å². The van der Waals surface area contributed by atoms with Crippen LogP contribution in [-0.4, -0.2) is 34.6 Å². The Bertz CT molecular complexity index is 616. The first kappa shape index (κ1) is 14.3. The van der Waals surface area contributed by atoms with Crippen molar-refractivity contribution in [2.45, 2.75) is 17.4 Å². The van der Waals surface area contributed by atoms with Gasteiger partial charge in [0.25, 0.3) is 0 Å². The van der Waals surface area contributed by atoms with E-state index >= 15 is 0 Å². The molecule has 1 fully saturated rings. The Morgan fingerprint density at radius 2 is 2.10 bits per heavy atom. The van der Waals surface area contributed by atoms with Crippen molar-refractivity contribution in [2.24, 2.45) is 0 Å². The van der Waals surface area contributed by atoms with Crippen LogP contribution in [0.2, 0.25) is 0 Å². The Hall–Kier alpha value is -1.66. The molecule has 7 heteroatoms. The lowest BCUT2D eigenvalue weighted by Crippen LogP contribution is -2.58. The molecule has 21 heavy (non-hydrogen) atoms. The number of ether oxygens (including phenoxy) is 2. The van der Waals surface area contributed by atoms with Crippen molar-refractivity contribution in [2.75, 3.05) is 7.11 Å². The number of alkyl halides is 1. The average Bonchev–Trinajstić information content (AvgIpc) is 2.93. The summed E-state index contributed by atoms with van der Waals surface area (Å²) in [5.74, 6) is -0.0285. The van der Waals surface area contributed by atoms with Crippen LogP contribution in [0.3, 0.4) is 0 Å². The predicted octanol–water partition coefficient (Wildman–Crippen LogP) is 2.10. The molecule has 110 valence electrons. The lowest BCUT2D eigenvalue weighted by molar-refractivity contribution is -0.149. The molecule has 1 amide bonds. The largest absolute Gasteiger partial charge is 0.497 e. The number of hydrogen-bond donors (Lipinski definition) is 0. The fraction of sp³-hybridized carbons (Fsp3) is 0.286. The van der Waals surface area contributed by atoms with E-state index in [-0.39, 0.29) is 23.6 Å². The van der Waals surface area contributed by atoms with Crippen LogP contribution in [-0.2, 0) is 20.9 Å². The summed E-state index contributed by atoms with van der Waals surface area (Å²) in [5.41, 5.74) is 1.11. The van der Waals surface area contributed by atoms with E-state index < -0.39 is 11.3 Å². The number of methoxy groups -OCH3 is 1. The quantitative estimate of drug-likeness (QED) is 0.482. The zero-order valence-corrected chi connectivity index (χ0v) is 12.7. The van der Waals surface area contributed by atoms with Crippen LogP contribution in [0.5, 0.6) is 5.75 Å². The van der Waals surface area contributed by atoms with E-state index in [1.165, 1.54) is 16.7 Å². The van der Waals surface area contributed by atoms with Gasteiger partial charge in [-0.25, -0.2) is 4.79 Å². The molecule has 3 rings (SSSR count). The molecule has 2 aliphatic heterocycles. The van der Waals surface area contributed by atoms with Crippen molar-refractivity contribution in [1.29, 1.82) is 0 Å². The maximum absolute atomic E-state index is 12.0. The topological polar surface area (TPSA) is 55.8 Å². The predicted molar refractivity (Wildman–Crippen MR) is 78.7 cm³/mol. The number of carbonyl (C=O) groups is 2. The highest BCUT2D eigenvalue weighted by atomic mass is 35.5. The summed E-state index contributed by atoms with van der Waals surface area (Å²) in [6.45, 7) is 0.141. The molecule has 1 aromatic rings. The Morgan fingerprint density at radius 3 is 2.76 bits per heavy atom. The number of esters is 1. The number of hydrogen-bond acceptors (Lipinski definition) is 5. The first-order valence-electron chi connectivity index (χ1n) is 6.24. The zero-order valence-electron chi connectivity index (χ0n) is 11.1. The van der Waals surface area contributed by atoms with Crippen molar-refractivity contribution >= 4 is 35.2 Å². The standard InChI is InChI=1S/C14H12ClNO4S/c1-19-9-4-2-8(3-5-9)6-20-14(18)10-7-21-13-11(15)12(17)16(10)13/h2-5,7,11,13H,6H2,1H3/t11?,13-/m0/s1. The summed E-state index contributed by atoms with van der Waals surface area (Å²) in [7, 11) is 1.59. The molecule has 5 nitrogen and oxygen atoms in total. The molecule has 2 atom stereocenters. The average molecular weight is 326 g/mol. The number of nitrogens with zero attached hydrogens (tertiary/aromatic N) is 1. The van der Waals surface area contributed by atoms with Crippen molar-refractivity contribution in [1.82, 2.24) is 4.90 Å². The minimum Gasteiger partial charge on any atom is -0.497 e. The van der Waals surface area contributed by atoms with E-state index in [4.69, 9.17) is 21.1 Å². The Morgan fingerprint density at radius 1 is 1.38 bits per heavy atom. The van der Waals surface area contributed by atoms with Gasteiger partial charge in [-0.2, -0.15) is 0 Å². The van der Waals surface area contributed by atoms with Gasteiger partial charge in [-0.3, -0.25) is 9.69 Å². The van der Waals surface area contributed by atoms with Crippen LogP contribution < -0.4 is 4.74 Å². The summed E-state index contributed by atoms with van der Waals surface area (Å²) >= 11 is 7.22. The van der Waals surface area contributed by atoms with Crippen LogP contribution in [0.4, 0.5) is 0 Å². The molecule has 0 aromatic heterocycles. The highest BCUT2D eigenvalue weighted by Crippen LogP contribution is 2.43. The summed E-state index contributed by atoms with van der Waals surface area (Å²) in [6.07, 6.45) is 0. The van der Waals surface area contributed by atoms with Crippen LogP contribution >= 0.6 is 23.4 Å². The molecule has 0 spiro atoms. The highest BCUT2D eigenvalue weighted by Gasteiger charge is 2.53. The van der Waals surface area contributed by atoms with Crippen molar-refractivity contribution in [3.05, 3.63) is 40.9 Å². The number of rotatable bonds is 4. The van der Waals surface area contributed by atoms with Crippen LogP contribution in [0.15, 0.2) is 35.4 Å².